The van der Waals surface area contributed by atoms with Crippen molar-refractivity contribution in [3.63, 3.8) is 0 Å². The zero-order valence-corrected chi connectivity index (χ0v) is 13.2. The predicted octanol–water partition coefficient (Wildman–Crippen LogP) is 3.08. The maximum absolute atomic E-state index is 13.0. The largest absolute Gasteiger partial charge is 0.478 e. The molecule has 0 fully saturated rings. The molecule has 0 aliphatic carbocycles. The molecule has 0 saturated heterocycles. The van der Waals surface area contributed by atoms with Crippen LogP contribution in [0.5, 0.6) is 0 Å². The van der Waals surface area contributed by atoms with Crippen molar-refractivity contribution < 1.29 is 14.7 Å². The summed E-state index contributed by atoms with van der Waals surface area (Å²) in [6.45, 7) is 0.590. The number of carbonyl (C=O) groups is 2. The number of hydrogen-bond donors (Lipinski definition) is 1. The van der Waals surface area contributed by atoms with E-state index in [-0.39, 0.29) is 11.5 Å². The van der Waals surface area contributed by atoms with Crippen molar-refractivity contribution in [3.05, 3.63) is 65.4 Å². The zero-order valence-electron chi connectivity index (χ0n) is 13.2. The molecule has 24 heavy (non-hydrogen) atoms. The zero-order chi connectivity index (χ0) is 16.8. The van der Waals surface area contributed by atoms with Gasteiger partial charge in [0, 0.05) is 24.7 Å². The summed E-state index contributed by atoms with van der Waals surface area (Å²) in [5.74, 6) is -1.07. The number of hydrogen-bond acceptors (Lipinski definition) is 2. The Morgan fingerprint density at radius 2 is 1.83 bits per heavy atom. The van der Waals surface area contributed by atoms with Crippen molar-refractivity contribution in [3.8, 4) is 0 Å². The quantitative estimate of drug-likeness (QED) is 0.789. The van der Waals surface area contributed by atoms with E-state index in [1.165, 1.54) is 0 Å². The lowest BCUT2D eigenvalue weighted by molar-refractivity contribution is 0.0698. The average Bonchev–Trinajstić information content (AvgIpc) is 2.89. The number of rotatable bonds is 2. The molecule has 1 aliphatic heterocycles. The summed E-state index contributed by atoms with van der Waals surface area (Å²) in [7, 11) is 1.76. The van der Waals surface area contributed by atoms with E-state index < -0.39 is 5.97 Å². The number of para-hydroxylation sites is 2. The van der Waals surface area contributed by atoms with E-state index in [2.05, 4.69) is 0 Å². The van der Waals surface area contributed by atoms with E-state index in [9.17, 15) is 14.7 Å². The van der Waals surface area contributed by atoms with Crippen LogP contribution in [0, 0.1) is 0 Å². The van der Waals surface area contributed by atoms with Crippen LogP contribution in [0.2, 0.25) is 0 Å². The first kappa shape index (κ1) is 14.5. The highest BCUT2D eigenvalue weighted by atomic mass is 16.4. The smallest absolute Gasteiger partial charge is 0.337 e. The molecule has 2 heterocycles. The lowest BCUT2D eigenvalue weighted by Gasteiger charge is -2.27. The maximum Gasteiger partial charge on any atom is 0.337 e. The summed E-state index contributed by atoms with van der Waals surface area (Å²) in [6.07, 6.45) is 0.705. The molecule has 5 heteroatoms. The number of carbonyl (C=O) groups excluding carboxylic acids is 1. The maximum atomic E-state index is 13.0. The van der Waals surface area contributed by atoms with Gasteiger partial charge in [-0.15, -0.1) is 0 Å². The summed E-state index contributed by atoms with van der Waals surface area (Å²) in [5, 5.41) is 10.3. The minimum atomic E-state index is -0.981. The second-order valence-corrected chi connectivity index (χ2v) is 5.94. The molecule has 4 rings (SSSR count). The molecule has 0 saturated carbocycles. The summed E-state index contributed by atoms with van der Waals surface area (Å²) in [5.41, 5.74) is 3.21. The van der Waals surface area contributed by atoms with Crippen LogP contribution in [-0.2, 0) is 13.5 Å². The van der Waals surface area contributed by atoms with Crippen LogP contribution in [0.1, 0.15) is 26.4 Å². The summed E-state index contributed by atoms with van der Waals surface area (Å²) >= 11 is 0. The SMILES string of the molecule is Cn1c2c(c3cccc(C(=O)O)c31)CCN(c1ccccc1)C2=O. The van der Waals surface area contributed by atoms with Gasteiger partial charge in [0.25, 0.3) is 5.91 Å². The first-order chi connectivity index (χ1) is 11.6. The van der Waals surface area contributed by atoms with Gasteiger partial charge in [-0.1, -0.05) is 30.3 Å². The Balaban J connectivity index is 1.93. The van der Waals surface area contributed by atoms with Crippen molar-refractivity contribution in [2.24, 2.45) is 7.05 Å². The van der Waals surface area contributed by atoms with Gasteiger partial charge in [-0.05, 0) is 30.2 Å². The van der Waals surface area contributed by atoms with E-state index >= 15 is 0 Å². The Morgan fingerprint density at radius 3 is 2.54 bits per heavy atom. The number of carboxylic acids is 1. The molecule has 2 aromatic carbocycles. The molecule has 0 unspecified atom stereocenters. The Hall–Kier alpha value is -3.08. The first-order valence-corrected chi connectivity index (χ1v) is 7.80. The van der Waals surface area contributed by atoms with Crippen LogP contribution in [0.25, 0.3) is 10.9 Å². The third-order valence-corrected chi connectivity index (χ3v) is 4.65. The van der Waals surface area contributed by atoms with Crippen LogP contribution in [-0.4, -0.2) is 28.1 Å². The Labute approximate surface area is 138 Å². The lowest BCUT2D eigenvalue weighted by Crippen LogP contribution is -2.38. The van der Waals surface area contributed by atoms with Crippen molar-refractivity contribution in [1.82, 2.24) is 4.57 Å². The molecule has 120 valence electrons. The molecule has 0 radical (unpaired) electrons. The summed E-state index contributed by atoms with van der Waals surface area (Å²) in [4.78, 5) is 26.3. The Bertz CT molecular complexity index is 973. The molecular weight excluding hydrogens is 304 g/mol. The topological polar surface area (TPSA) is 62.5 Å². The van der Waals surface area contributed by atoms with Gasteiger partial charge in [-0.25, -0.2) is 4.79 Å². The van der Waals surface area contributed by atoms with Gasteiger partial charge < -0.3 is 14.6 Å². The highest BCUT2D eigenvalue weighted by Gasteiger charge is 2.31. The van der Waals surface area contributed by atoms with Crippen LogP contribution in [0.4, 0.5) is 5.69 Å². The molecule has 1 aromatic heterocycles. The Kier molecular flexibility index (Phi) is 3.16. The number of carboxylic acid groups (broad SMARTS) is 1. The van der Waals surface area contributed by atoms with Crippen LogP contribution in [0.15, 0.2) is 48.5 Å². The van der Waals surface area contributed by atoms with E-state index in [0.29, 0.717) is 24.2 Å². The van der Waals surface area contributed by atoms with Gasteiger partial charge in [-0.3, -0.25) is 4.79 Å². The molecule has 3 aromatic rings. The van der Waals surface area contributed by atoms with E-state index in [0.717, 1.165) is 16.6 Å². The van der Waals surface area contributed by atoms with Crippen LogP contribution >= 0.6 is 0 Å². The van der Waals surface area contributed by atoms with E-state index in [1.54, 1.807) is 28.6 Å². The fourth-order valence-corrected chi connectivity index (χ4v) is 3.60. The molecule has 0 spiro atoms. The fraction of sp³-hybridized carbons (Fsp3) is 0.158. The van der Waals surface area contributed by atoms with Gasteiger partial charge in [-0.2, -0.15) is 0 Å². The van der Waals surface area contributed by atoms with Crippen molar-refractivity contribution in [1.29, 1.82) is 0 Å². The minimum Gasteiger partial charge on any atom is -0.478 e. The molecule has 0 atom stereocenters. The van der Waals surface area contributed by atoms with Gasteiger partial charge >= 0.3 is 5.97 Å². The Morgan fingerprint density at radius 1 is 1.08 bits per heavy atom. The van der Waals surface area contributed by atoms with Gasteiger partial charge in [0.15, 0.2) is 0 Å². The normalized spacial score (nSPS) is 14.0. The molecule has 0 bridgehead atoms. The van der Waals surface area contributed by atoms with Crippen LogP contribution in [0.3, 0.4) is 0 Å². The molecule has 1 N–H and O–H groups in total. The molecular formula is C19H16N2O3. The van der Waals surface area contributed by atoms with E-state index in [1.807, 2.05) is 36.4 Å². The van der Waals surface area contributed by atoms with Crippen molar-refractivity contribution in [2.75, 3.05) is 11.4 Å². The van der Waals surface area contributed by atoms with Crippen LogP contribution < -0.4 is 4.90 Å². The lowest BCUT2D eigenvalue weighted by atomic mass is 10.0. The highest BCUT2D eigenvalue weighted by Crippen LogP contribution is 2.33. The monoisotopic (exact) mass is 320 g/mol. The second-order valence-electron chi connectivity index (χ2n) is 5.94. The number of aromatic carboxylic acids is 1. The number of aromatic nitrogens is 1. The number of anilines is 1. The molecule has 1 aliphatic rings. The minimum absolute atomic E-state index is 0.0857. The average molecular weight is 320 g/mol. The predicted molar refractivity (Wildman–Crippen MR) is 91.7 cm³/mol. The number of aryl methyl sites for hydroxylation is 1. The van der Waals surface area contributed by atoms with Gasteiger partial charge in [0.05, 0.1) is 11.1 Å². The first-order valence-electron chi connectivity index (χ1n) is 7.80. The summed E-state index contributed by atoms with van der Waals surface area (Å²) < 4.78 is 1.73. The molecule has 5 nitrogen and oxygen atoms in total. The number of nitrogens with zero attached hydrogens (tertiary/aromatic N) is 2. The van der Waals surface area contributed by atoms with Gasteiger partial charge in [0.2, 0.25) is 0 Å². The highest BCUT2D eigenvalue weighted by molar-refractivity contribution is 6.13. The fourth-order valence-electron chi connectivity index (χ4n) is 3.60. The van der Waals surface area contributed by atoms with Crippen molar-refractivity contribution in [2.45, 2.75) is 6.42 Å². The summed E-state index contributed by atoms with van der Waals surface area (Å²) in [6, 6.07) is 14.8. The van der Waals surface area contributed by atoms with E-state index in [4.69, 9.17) is 0 Å². The third-order valence-electron chi connectivity index (χ3n) is 4.65. The standard InChI is InChI=1S/C19H16N2O3/c1-20-16-13(8-5-9-15(16)19(23)24)14-10-11-21(18(22)17(14)20)12-6-3-2-4-7-12/h2-9H,10-11H2,1H3,(H,23,24). The third kappa shape index (κ3) is 1.94. The second kappa shape index (κ2) is 5.23. The number of benzene rings is 2. The van der Waals surface area contributed by atoms with Gasteiger partial charge in [0.1, 0.15) is 5.69 Å². The number of fused-ring (bicyclic) bond motifs is 3. The molecule has 1 amide bonds. The number of amides is 1. The van der Waals surface area contributed by atoms with Crippen molar-refractivity contribution >= 4 is 28.5 Å².